The molecule has 0 bridgehead atoms. The third-order valence-electron chi connectivity index (χ3n) is 5.93. The summed E-state index contributed by atoms with van der Waals surface area (Å²) in [5.41, 5.74) is 2.52. The summed E-state index contributed by atoms with van der Waals surface area (Å²) >= 11 is 6.22. The molecule has 1 N–H and O–H groups in total. The van der Waals surface area contributed by atoms with Crippen LogP contribution in [-0.4, -0.2) is 53.5 Å². The predicted molar refractivity (Wildman–Crippen MR) is 138 cm³/mol. The van der Waals surface area contributed by atoms with Gasteiger partial charge in [0.05, 0.1) is 31.9 Å². The summed E-state index contributed by atoms with van der Waals surface area (Å²) in [5, 5.41) is 7.83. The number of hydrogen-bond acceptors (Lipinski definition) is 5. The number of benzene rings is 2. The first-order chi connectivity index (χ1) is 17.3. The highest BCUT2D eigenvalue weighted by Gasteiger charge is 2.17. The monoisotopic (exact) mass is 514 g/mol. The molecule has 2 heterocycles. The van der Waals surface area contributed by atoms with E-state index in [4.69, 9.17) is 21.1 Å². The average Bonchev–Trinajstić information content (AvgIpc) is 3.17. The molecule has 3 aromatic rings. The SMILES string of the molecule is Cc1cc(NC(=O)c2ccc(CN3CCOCC3)cc2F)nn1Cc1cc(Cl)ccc1OCC(C)C. The van der Waals surface area contributed by atoms with Crippen molar-refractivity contribution in [3.05, 3.63) is 75.7 Å². The highest BCUT2D eigenvalue weighted by Crippen LogP contribution is 2.25. The van der Waals surface area contributed by atoms with Gasteiger partial charge >= 0.3 is 0 Å². The van der Waals surface area contributed by atoms with Crippen LogP contribution in [0.2, 0.25) is 5.02 Å². The summed E-state index contributed by atoms with van der Waals surface area (Å²) in [7, 11) is 0. The van der Waals surface area contributed by atoms with Gasteiger partial charge in [0.15, 0.2) is 5.82 Å². The Kier molecular flexibility index (Phi) is 8.61. The highest BCUT2D eigenvalue weighted by atomic mass is 35.5. The van der Waals surface area contributed by atoms with Gasteiger partial charge in [-0.25, -0.2) is 4.39 Å². The Hall–Kier alpha value is -2.94. The number of hydrogen-bond donors (Lipinski definition) is 1. The Labute approximate surface area is 216 Å². The van der Waals surface area contributed by atoms with Crippen molar-refractivity contribution in [2.75, 3.05) is 38.2 Å². The zero-order valence-electron chi connectivity index (χ0n) is 20.9. The predicted octanol–water partition coefficient (Wildman–Crippen LogP) is 5.15. The third-order valence-corrected chi connectivity index (χ3v) is 6.16. The zero-order valence-corrected chi connectivity index (χ0v) is 21.6. The summed E-state index contributed by atoms with van der Waals surface area (Å²) < 4.78 is 27.8. The van der Waals surface area contributed by atoms with Gasteiger partial charge in [-0.15, -0.1) is 0 Å². The third kappa shape index (κ3) is 6.84. The van der Waals surface area contributed by atoms with Gasteiger partial charge in [-0.3, -0.25) is 14.4 Å². The summed E-state index contributed by atoms with van der Waals surface area (Å²) in [6, 6.07) is 12.0. The number of nitrogens with one attached hydrogen (secondary N) is 1. The minimum Gasteiger partial charge on any atom is -0.493 e. The number of anilines is 1. The molecule has 0 aliphatic carbocycles. The zero-order chi connectivity index (χ0) is 25.7. The lowest BCUT2D eigenvalue weighted by Crippen LogP contribution is -2.35. The summed E-state index contributed by atoms with van der Waals surface area (Å²) in [5.74, 6) is 0.378. The maximum absolute atomic E-state index is 14.8. The van der Waals surface area contributed by atoms with Gasteiger partial charge in [0.25, 0.3) is 5.91 Å². The number of carbonyl (C=O) groups excluding carboxylic acids is 1. The van der Waals surface area contributed by atoms with Crippen LogP contribution in [-0.2, 0) is 17.8 Å². The smallest absolute Gasteiger partial charge is 0.259 e. The molecule has 36 heavy (non-hydrogen) atoms. The van der Waals surface area contributed by atoms with Crippen molar-refractivity contribution >= 4 is 23.3 Å². The van der Waals surface area contributed by atoms with Crippen LogP contribution in [0.3, 0.4) is 0 Å². The fraction of sp³-hybridized carbons (Fsp3) is 0.407. The molecule has 1 fully saturated rings. The van der Waals surface area contributed by atoms with E-state index in [0.717, 1.165) is 35.7 Å². The van der Waals surface area contributed by atoms with Crippen molar-refractivity contribution < 1.29 is 18.7 Å². The quantitative estimate of drug-likeness (QED) is 0.427. The van der Waals surface area contributed by atoms with Gasteiger partial charge in [0.2, 0.25) is 0 Å². The van der Waals surface area contributed by atoms with E-state index in [2.05, 4.69) is 29.2 Å². The molecular formula is C27H32ClFN4O3. The molecule has 4 rings (SSSR count). The van der Waals surface area contributed by atoms with Crippen molar-refractivity contribution in [1.82, 2.24) is 14.7 Å². The standard InChI is InChI=1S/C27H32ClFN4O3/c1-18(2)17-36-25-7-5-22(28)14-21(25)16-33-19(3)12-26(31-33)30-27(34)23-6-4-20(13-24(23)29)15-32-8-10-35-11-9-32/h4-7,12-14,18H,8-11,15-17H2,1-3H3,(H,30,31,34). The molecule has 9 heteroatoms. The van der Waals surface area contributed by atoms with Crippen LogP contribution in [0.5, 0.6) is 5.75 Å². The number of morpholine rings is 1. The number of halogens is 2. The van der Waals surface area contributed by atoms with E-state index in [0.29, 0.717) is 49.7 Å². The van der Waals surface area contributed by atoms with Crippen molar-refractivity contribution in [3.63, 3.8) is 0 Å². The Bertz CT molecular complexity index is 1210. The van der Waals surface area contributed by atoms with Crippen LogP contribution in [0.25, 0.3) is 0 Å². The Balaban J connectivity index is 1.43. The van der Waals surface area contributed by atoms with Gasteiger partial charge in [-0.1, -0.05) is 31.5 Å². The number of aryl methyl sites for hydroxylation is 1. The molecule has 0 radical (unpaired) electrons. The fourth-order valence-electron chi connectivity index (χ4n) is 4.00. The minimum absolute atomic E-state index is 0.0212. The van der Waals surface area contributed by atoms with Gasteiger partial charge in [-0.2, -0.15) is 5.10 Å². The topological polar surface area (TPSA) is 68.6 Å². The van der Waals surface area contributed by atoms with Crippen molar-refractivity contribution in [2.45, 2.75) is 33.9 Å². The molecule has 0 spiro atoms. The van der Waals surface area contributed by atoms with Gasteiger partial charge in [0.1, 0.15) is 11.6 Å². The molecule has 0 saturated carbocycles. The molecule has 0 atom stereocenters. The molecule has 192 valence electrons. The number of amides is 1. The lowest BCUT2D eigenvalue weighted by molar-refractivity contribution is 0.0341. The minimum atomic E-state index is -0.555. The fourth-order valence-corrected chi connectivity index (χ4v) is 4.20. The number of carbonyl (C=O) groups is 1. The maximum Gasteiger partial charge on any atom is 0.259 e. The van der Waals surface area contributed by atoms with E-state index < -0.39 is 11.7 Å². The van der Waals surface area contributed by atoms with Gasteiger partial charge in [-0.05, 0) is 48.7 Å². The summed E-state index contributed by atoms with van der Waals surface area (Å²) in [6.07, 6.45) is 0. The molecular weight excluding hydrogens is 483 g/mol. The lowest BCUT2D eigenvalue weighted by Gasteiger charge is -2.26. The van der Waals surface area contributed by atoms with E-state index >= 15 is 0 Å². The number of aromatic nitrogens is 2. The van der Waals surface area contributed by atoms with Crippen LogP contribution >= 0.6 is 11.6 Å². The molecule has 1 amide bonds. The van der Waals surface area contributed by atoms with Gasteiger partial charge < -0.3 is 14.8 Å². The van der Waals surface area contributed by atoms with Crippen LogP contribution in [0, 0.1) is 18.7 Å². The van der Waals surface area contributed by atoms with E-state index in [9.17, 15) is 9.18 Å². The first-order valence-corrected chi connectivity index (χ1v) is 12.5. The van der Waals surface area contributed by atoms with Crippen LogP contribution in [0.1, 0.15) is 41.0 Å². The molecule has 1 aromatic heterocycles. The lowest BCUT2D eigenvalue weighted by atomic mass is 10.1. The van der Waals surface area contributed by atoms with E-state index in [1.54, 1.807) is 22.9 Å². The van der Waals surface area contributed by atoms with Crippen molar-refractivity contribution in [1.29, 1.82) is 0 Å². The molecule has 1 saturated heterocycles. The van der Waals surface area contributed by atoms with E-state index in [1.165, 1.54) is 12.1 Å². The first-order valence-electron chi connectivity index (χ1n) is 12.1. The Morgan fingerprint density at radius 3 is 2.67 bits per heavy atom. The molecule has 7 nitrogen and oxygen atoms in total. The number of nitrogens with zero attached hydrogens (tertiary/aromatic N) is 3. The van der Waals surface area contributed by atoms with Crippen LogP contribution in [0.4, 0.5) is 10.2 Å². The Morgan fingerprint density at radius 2 is 1.94 bits per heavy atom. The Morgan fingerprint density at radius 1 is 1.17 bits per heavy atom. The van der Waals surface area contributed by atoms with E-state index in [1.807, 2.05) is 19.1 Å². The molecule has 1 aliphatic rings. The first kappa shape index (κ1) is 26.1. The van der Waals surface area contributed by atoms with Gasteiger partial charge in [0, 0.05) is 42.0 Å². The average molecular weight is 515 g/mol. The van der Waals surface area contributed by atoms with Crippen LogP contribution < -0.4 is 10.1 Å². The van der Waals surface area contributed by atoms with E-state index in [-0.39, 0.29) is 5.56 Å². The largest absolute Gasteiger partial charge is 0.493 e. The highest BCUT2D eigenvalue weighted by molar-refractivity contribution is 6.30. The molecule has 1 aliphatic heterocycles. The molecule has 2 aromatic carbocycles. The van der Waals surface area contributed by atoms with Crippen molar-refractivity contribution in [3.8, 4) is 5.75 Å². The number of ether oxygens (including phenoxy) is 2. The second-order valence-electron chi connectivity index (χ2n) is 9.44. The normalized spacial score (nSPS) is 14.3. The second kappa shape index (κ2) is 11.9. The molecule has 0 unspecified atom stereocenters. The second-order valence-corrected chi connectivity index (χ2v) is 9.88. The summed E-state index contributed by atoms with van der Waals surface area (Å²) in [4.78, 5) is 15.0. The maximum atomic E-state index is 14.8. The van der Waals surface area contributed by atoms with Crippen LogP contribution in [0.15, 0.2) is 42.5 Å². The van der Waals surface area contributed by atoms with Crippen molar-refractivity contribution in [2.24, 2.45) is 5.92 Å². The summed E-state index contributed by atoms with van der Waals surface area (Å²) in [6.45, 7) is 10.7. The number of rotatable bonds is 9.